The van der Waals surface area contributed by atoms with Gasteiger partial charge in [0.25, 0.3) is 5.78 Å². The number of nitrogens with zero attached hydrogens (tertiary/aromatic N) is 1. The van der Waals surface area contributed by atoms with Gasteiger partial charge >= 0.3 is 6.18 Å². The summed E-state index contributed by atoms with van der Waals surface area (Å²) in [6, 6.07) is 12.9. The van der Waals surface area contributed by atoms with Crippen molar-refractivity contribution >= 4 is 16.7 Å². The minimum absolute atomic E-state index is 0.0422. The Labute approximate surface area is 174 Å². The van der Waals surface area contributed by atoms with Crippen molar-refractivity contribution in [3.63, 3.8) is 0 Å². The molecule has 0 saturated carbocycles. The van der Waals surface area contributed by atoms with E-state index in [0.717, 1.165) is 5.56 Å². The molecule has 1 aromatic heterocycles. The molecule has 2 aromatic carbocycles. The molecule has 0 saturated heterocycles. The first-order chi connectivity index (χ1) is 14.0. The van der Waals surface area contributed by atoms with Crippen LogP contribution in [0.15, 0.2) is 48.7 Å². The van der Waals surface area contributed by atoms with Crippen LogP contribution in [-0.2, 0) is 18.4 Å². The highest BCUT2D eigenvalue weighted by Gasteiger charge is 2.41. The van der Waals surface area contributed by atoms with Gasteiger partial charge in [-0.25, -0.2) is 0 Å². The maximum Gasteiger partial charge on any atom is 0.454 e. The van der Waals surface area contributed by atoms with Crippen molar-refractivity contribution in [2.24, 2.45) is 0 Å². The molecule has 0 aliphatic heterocycles. The first-order valence-electron chi connectivity index (χ1n) is 9.98. The Balaban J connectivity index is 1.84. The fourth-order valence-electron chi connectivity index (χ4n) is 3.55. The molecule has 1 heterocycles. The number of alkyl halides is 3. The third kappa shape index (κ3) is 4.53. The summed E-state index contributed by atoms with van der Waals surface area (Å²) in [5.41, 5.74) is 2.46. The number of carbonyl (C=O) groups is 1. The van der Waals surface area contributed by atoms with Gasteiger partial charge < -0.3 is 9.30 Å². The Morgan fingerprint density at radius 2 is 1.70 bits per heavy atom. The summed E-state index contributed by atoms with van der Waals surface area (Å²) in [4.78, 5) is 11.9. The van der Waals surface area contributed by atoms with E-state index in [0.29, 0.717) is 29.6 Å². The van der Waals surface area contributed by atoms with Gasteiger partial charge in [0.1, 0.15) is 12.4 Å². The fraction of sp³-hybridized carbons (Fsp3) is 0.375. The first-order valence-corrected chi connectivity index (χ1v) is 9.98. The summed E-state index contributed by atoms with van der Waals surface area (Å²) < 4.78 is 46.7. The number of rotatable bonds is 6. The van der Waals surface area contributed by atoms with E-state index in [9.17, 15) is 18.0 Å². The Bertz CT molecular complexity index is 1040. The largest absolute Gasteiger partial charge is 0.492 e. The fourth-order valence-corrected chi connectivity index (χ4v) is 3.55. The molecule has 3 nitrogen and oxygen atoms in total. The van der Waals surface area contributed by atoms with Gasteiger partial charge in [-0.2, -0.15) is 13.2 Å². The van der Waals surface area contributed by atoms with Crippen LogP contribution in [0.5, 0.6) is 5.75 Å². The molecule has 0 amide bonds. The minimum Gasteiger partial charge on any atom is -0.492 e. The van der Waals surface area contributed by atoms with Crippen molar-refractivity contribution in [1.82, 2.24) is 4.57 Å². The van der Waals surface area contributed by atoms with E-state index in [1.807, 2.05) is 37.3 Å². The molecule has 3 rings (SSSR count). The van der Waals surface area contributed by atoms with E-state index >= 15 is 0 Å². The molecule has 0 radical (unpaired) electrons. The van der Waals surface area contributed by atoms with Gasteiger partial charge in [0.05, 0.1) is 17.6 Å². The molecule has 0 spiro atoms. The third-order valence-corrected chi connectivity index (χ3v) is 5.19. The molecule has 0 atom stereocenters. The number of hydrogen-bond donors (Lipinski definition) is 0. The zero-order valence-electron chi connectivity index (χ0n) is 17.6. The van der Waals surface area contributed by atoms with Crippen molar-refractivity contribution in [2.75, 3.05) is 6.61 Å². The molecule has 0 bridgehead atoms. The highest BCUT2D eigenvalue weighted by atomic mass is 19.4. The number of ketones is 1. The van der Waals surface area contributed by atoms with E-state index in [4.69, 9.17) is 4.74 Å². The lowest BCUT2D eigenvalue weighted by Crippen LogP contribution is -2.22. The normalized spacial score (nSPS) is 12.4. The Morgan fingerprint density at radius 3 is 2.27 bits per heavy atom. The van der Waals surface area contributed by atoms with Crippen molar-refractivity contribution < 1.29 is 22.7 Å². The SMILES string of the molecule is CCc1cccc2c(C(=O)C(F)(F)F)cn(CCOc3ccc(C(C)(C)C)cc3)c12. The molecule has 0 N–H and O–H groups in total. The molecule has 160 valence electrons. The standard InChI is InChI=1S/C24H26F3NO2/c1-5-16-7-6-8-19-20(22(29)24(25,26)27)15-28(21(16)19)13-14-30-18-11-9-17(10-12-18)23(2,3)4/h6-12,15H,5,13-14H2,1-4H3. The number of carbonyl (C=O) groups excluding carboxylic acids is 1. The number of Topliss-reactive ketones (excluding diaryl/α,β-unsaturated/α-hetero) is 1. The van der Waals surface area contributed by atoms with Gasteiger partial charge in [-0.3, -0.25) is 4.79 Å². The van der Waals surface area contributed by atoms with Crippen molar-refractivity contribution in [3.8, 4) is 5.75 Å². The molecule has 0 aliphatic rings. The average Bonchev–Trinajstić information content (AvgIpc) is 3.05. The minimum atomic E-state index is -4.91. The van der Waals surface area contributed by atoms with Crippen LogP contribution >= 0.6 is 0 Å². The molecule has 0 fully saturated rings. The summed E-state index contributed by atoms with van der Waals surface area (Å²) in [5, 5.41) is 0.325. The number of aromatic nitrogens is 1. The van der Waals surface area contributed by atoms with Crippen LogP contribution in [0, 0.1) is 0 Å². The second kappa shape index (κ2) is 8.17. The van der Waals surface area contributed by atoms with Gasteiger partial charge in [0.15, 0.2) is 0 Å². The molecular formula is C24H26F3NO2. The van der Waals surface area contributed by atoms with Gasteiger partial charge in [0.2, 0.25) is 0 Å². The van der Waals surface area contributed by atoms with E-state index in [2.05, 4.69) is 20.8 Å². The third-order valence-electron chi connectivity index (χ3n) is 5.19. The first kappa shape index (κ1) is 21.9. The highest BCUT2D eigenvalue weighted by Crippen LogP contribution is 2.31. The van der Waals surface area contributed by atoms with E-state index in [1.54, 1.807) is 16.7 Å². The van der Waals surface area contributed by atoms with Crippen LogP contribution in [0.25, 0.3) is 10.9 Å². The van der Waals surface area contributed by atoms with E-state index < -0.39 is 12.0 Å². The van der Waals surface area contributed by atoms with Crippen molar-refractivity contribution in [2.45, 2.75) is 52.3 Å². The van der Waals surface area contributed by atoms with Crippen LogP contribution < -0.4 is 4.74 Å². The monoisotopic (exact) mass is 417 g/mol. The summed E-state index contributed by atoms with van der Waals surface area (Å²) in [6.07, 6.45) is -2.96. The Hall–Kier alpha value is -2.76. The summed E-state index contributed by atoms with van der Waals surface area (Å²) in [7, 11) is 0. The maximum absolute atomic E-state index is 13.1. The number of benzene rings is 2. The highest BCUT2D eigenvalue weighted by molar-refractivity contribution is 6.11. The second-order valence-electron chi connectivity index (χ2n) is 8.35. The van der Waals surface area contributed by atoms with Crippen LogP contribution in [0.3, 0.4) is 0 Å². The lowest BCUT2D eigenvalue weighted by molar-refractivity contribution is -0.0884. The van der Waals surface area contributed by atoms with E-state index in [1.165, 1.54) is 11.8 Å². The number of ether oxygens (including phenoxy) is 1. The Kier molecular flexibility index (Phi) is 5.97. The van der Waals surface area contributed by atoms with Crippen LogP contribution in [-0.4, -0.2) is 23.1 Å². The van der Waals surface area contributed by atoms with Gasteiger partial charge in [0, 0.05) is 11.6 Å². The zero-order valence-corrected chi connectivity index (χ0v) is 17.6. The van der Waals surface area contributed by atoms with Crippen LogP contribution in [0.4, 0.5) is 13.2 Å². The quantitative estimate of drug-likeness (QED) is 0.439. The molecule has 6 heteroatoms. The predicted molar refractivity (Wildman–Crippen MR) is 112 cm³/mol. The Morgan fingerprint density at radius 1 is 1.03 bits per heavy atom. The van der Waals surface area contributed by atoms with Crippen LogP contribution in [0.1, 0.15) is 49.2 Å². The molecule has 30 heavy (non-hydrogen) atoms. The summed E-state index contributed by atoms with van der Waals surface area (Å²) in [5.74, 6) is -1.13. The predicted octanol–water partition coefficient (Wildman–Crippen LogP) is 6.33. The number of halogens is 3. The molecular weight excluding hydrogens is 391 g/mol. The molecule has 0 aliphatic carbocycles. The zero-order chi connectivity index (χ0) is 22.1. The topological polar surface area (TPSA) is 31.2 Å². The summed E-state index contributed by atoms with van der Waals surface area (Å²) >= 11 is 0. The molecule has 0 unspecified atom stereocenters. The van der Waals surface area contributed by atoms with Gasteiger partial charge in [-0.1, -0.05) is 58.0 Å². The lowest BCUT2D eigenvalue weighted by Gasteiger charge is -2.19. The smallest absolute Gasteiger partial charge is 0.454 e. The van der Waals surface area contributed by atoms with Crippen molar-refractivity contribution in [1.29, 1.82) is 0 Å². The number of hydrogen-bond acceptors (Lipinski definition) is 2. The number of aryl methyl sites for hydroxylation is 1. The maximum atomic E-state index is 13.1. The number of para-hydroxylation sites is 1. The van der Waals surface area contributed by atoms with E-state index in [-0.39, 0.29) is 17.6 Å². The average molecular weight is 417 g/mol. The van der Waals surface area contributed by atoms with Crippen molar-refractivity contribution in [3.05, 3.63) is 65.4 Å². The van der Waals surface area contributed by atoms with Gasteiger partial charge in [-0.05, 0) is 35.1 Å². The summed E-state index contributed by atoms with van der Waals surface area (Å²) in [6.45, 7) is 8.93. The lowest BCUT2D eigenvalue weighted by atomic mass is 9.87. The number of fused-ring (bicyclic) bond motifs is 1. The van der Waals surface area contributed by atoms with Crippen LogP contribution in [0.2, 0.25) is 0 Å². The van der Waals surface area contributed by atoms with Gasteiger partial charge in [-0.15, -0.1) is 0 Å². The molecule has 3 aromatic rings. The second-order valence-corrected chi connectivity index (χ2v) is 8.35.